The molecule has 1 aromatic heterocycles. The van der Waals surface area contributed by atoms with Gasteiger partial charge in [0.1, 0.15) is 0 Å². The lowest BCUT2D eigenvalue weighted by Crippen LogP contribution is -2.44. The van der Waals surface area contributed by atoms with E-state index in [2.05, 4.69) is 20.9 Å². The van der Waals surface area contributed by atoms with Crippen molar-refractivity contribution in [3.8, 4) is 0 Å². The van der Waals surface area contributed by atoms with E-state index in [9.17, 15) is 9.59 Å². The summed E-state index contributed by atoms with van der Waals surface area (Å²) in [4.78, 5) is 31.0. The second-order valence-corrected chi connectivity index (χ2v) is 6.44. The third kappa shape index (κ3) is 4.43. The van der Waals surface area contributed by atoms with Gasteiger partial charge in [-0.05, 0) is 22.0 Å². The molecule has 0 spiro atoms. The van der Waals surface area contributed by atoms with Gasteiger partial charge < -0.3 is 14.4 Å². The van der Waals surface area contributed by atoms with Crippen molar-refractivity contribution in [2.24, 2.45) is 0 Å². The number of carbonyl (C=O) groups is 2. The second kappa shape index (κ2) is 8.22. The van der Waals surface area contributed by atoms with Gasteiger partial charge in [0.05, 0.1) is 18.8 Å². The van der Waals surface area contributed by atoms with Crippen molar-refractivity contribution in [2.45, 2.75) is 6.10 Å². The Labute approximate surface area is 153 Å². The molecule has 1 aromatic carbocycles. The van der Waals surface area contributed by atoms with E-state index in [4.69, 9.17) is 9.47 Å². The van der Waals surface area contributed by atoms with Crippen molar-refractivity contribution < 1.29 is 19.1 Å². The smallest absolute Gasteiger partial charge is 0.340 e. The topological polar surface area (TPSA) is 68.7 Å². The summed E-state index contributed by atoms with van der Waals surface area (Å²) in [5.41, 5.74) is 0.917. The summed E-state index contributed by atoms with van der Waals surface area (Å²) >= 11 is 3.27. The summed E-state index contributed by atoms with van der Waals surface area (Å²) in [6.45, 7) is 1.93. The summed E-state index contributed by atoms with van der Waals surface area (Å²) in [5.74, 6) is -0.838. The molecular weight excluding hydrogens is 388 g/mol. The molecule has 6 nitrogen and oxygen atoms in total. The molecule has 130 valence electrons. The molecule has 0 aliphatic carbocycles. The zero-order valence-corrected chi connectivity index (χ0v) is 15.0. The zero-order valence-electron chi connectivity index (χ0n) is 13.4. The number of rotatable bonds is 4. The molecule has 7 heteroatoms. The molecule has 0 radical (unpaired) electrons. The highest BCUT2D eigenvalue weighted by molar-refractivity contribution is 9.10. The maximum Gasteiger partial charge on any atom is 0.340 e. The lowest BCUT2D eigenvalue weighted by Gasteiger charge is -2.30. The van der Waals surface area contributed by atoms with Crippen molar-refractivity contribution in [3.63, 3.8) is 0 Å². The molecule has 1 amide bonds. The van der Waals surface area contributed by atoms with Crippen LogP contribution in [-0.4, -0.2) is 48.1 Å². The van der Waals surface area contributed by atoms with E-state index in [1.807, 2.05) is 18.2 Å². The van der Waals surface area contributed by atoms with Crippen LogP contribution in [0.4, 0.5) is 0 Å². The Kier molecular flexibility index (Phi) is 5.78. The Hall–Kier alpha value is -2.25. The summed E-state index contributed by atoms with van der Waals surface area (Å²) in [6, 6.07) is 10.6. The first-order chi connectivity index (χ1) is 12.1. The number of ether oxygens (including phenoxy) is 2. The van der Waals surface area contributed by atoms with Crippen LogP contribution in [0.2, 0.25) is 0 Å². The van der Waals surface area contributed by atoms with Crippen LogP contribution in [0.1, 0.15) is 22.0 Å². The van der Waals surface area contributed by atoms with Crippen LogP contribution in [0, 0.1) is 0 Å². The molecule has 0 unspecified atom stereocenters. The number of pyridine rings is 1. The number of morpholine rings is 1. The lowest BCUT2D eigenvalue weighted by atomic mass is 10.1. The van der Waals surface area contributed by atoms with E-state index in [1.54, 1.807) is 29.3 Å². The SMILES string of the molecule is O=C(O[C@@H](C(=O)N1CCOCC1)c1ccccc1)c1cncc(Br)c1. The third-order valence-corrected chi connectivity index (χ3v) is 4.25. The number of aromatic nitrogens is 1. The van der Waals surface area contributed by atoms with Crippen molar-refractivity contribution in [1.82, 2.24) is 9.88 Å². The lowest BCUT2D eigenvalue weighted by molar-refractivity contribution is -0.145. The maximum atomic E-state index is 12.9. The second-order valence-electron chi connectivity index (χ2n) is 5.53. The molecule has 0 saturated carbocycles. The summed E-state index contributed by atoms with van der Waals surface area (Å²) in [5, 5.41) is 0. The Morgan fingerprint density at radius 1 is 1.16 bits per heavy atom. The Bertz CT molecular complexity index is 748. The first kappa shape index (κ1) is 17.6. The quantitative estimate of drug-likeness (QED) is 0.732. The van der Waals surface area contributed by atoms with Gasteiger partial charge in [-0.2, -0.15) is 0 Å². The number of carbonyl (C=O) groups excluding carboxylic acids is 2. The molecular formula is C18H17BrN2O4. The van der Waals surface area contributed by atoms with Crippen LogP contribution in [-0.2, 0) is 14.3 Å². The van der Waals surface area contributed by atoms with E-state index in [0.717, 1.165) is 0 Å². The van der Waals surface area contributed by atoms with Gasteiger partial charge in [0.2, 0.25) is 6.10 Å². The van der Waals surface area contributed by atoms with Gasteiger partial charge in [0, 0.05) is 35.5 Å². The molecule has 25 heavy (non-hydrogen) atoms. The number of hydrogen-bond donors (Lipinski definition) is 0. The van der Waals surface area contributed by atoms with Crippen LogP contribution < -0.4 is 0 Å². The number of amides is 1. The number of halogens is 1. The minimum atomic E-state index is -0.995. The van der Waals surface area contributed by atoms with Crippen molar-refractivity contribution >= 4 is 27.8 Å². The molecule has 3 rings (SSSR count). The van der Waals surface area contributed by atoms with Gasteiger partial charge in [-0.25, -0.2) is 4.79 Å². The van der Waals surface area contributed by atoms with E-state index < -0.39 is 12.1 Å². The fraction of sp³-hybridized carbons (Fsp3) is 0.278. The normalized spacial score (nSPS) is 15.5. The van der Waals surface area contributed by atoms with Gasteiger partial charge in [-0.1, -0.05) is 30.3 Å². The fourth-order valence-electron chi connectivity index (χ4n) is 2.54. The van der Waals surface area contributed by atoms with Crippen LogP contribution >= 0.6 is 15.9 Å². The van der Waals surface area contributed by atoms with Gasteiger partial charge in [0.15, 0.2) is 0 Å². The van der Waals surface area contributed by atoms with Crippen molar-refractivity contribution in [3.05, 3.63) is 64.4 Å². The zero-order chi connectivity index (χ0) is 17.6. The van der Waals surface area contributed by atoms with Gasteiger partial charge >= 0.3 is 5.97 Å². The van der Waals surface area contributed by atoms with Crippen LogP contribution in [0.3, 0.4) is 0 Å². The highest BCUT2D eigenvalue weighted by Gasteiger charge is 2.30. The number of hydrogen-bond acceptors (Lipinski definition) is 5. The highest BCUT2D eigenvalue weighted by Crippen LogP contribution is 2.23. The standard InChI is InChI=1S/C18H17BrN2O4/c19-15-10-14(11-20-12-15)18(23)25-16(13-4-2-1-3-5-13)17(22)21-6-8-24-9-7-21/h1-5,10-12,16H,6-9H2/t16-/m1/s1. The number of nitrogens with zero attached hydrogens (tertiary/aromatic N) is 2. The molecule has 2 heterocycles. The average molecular weight is 405 g/mol. The largest absolute Gasteiger partial charge is 0.444 e. The molecule has 1 saturated heterocycles. The van der Waals surface area contributed by atoms with E-state index in [1.165, 1.54) is 6.20 Å². The molecule has 1 atom stereocenters. The fourth-order valence-corrected chi connectivity index (χ4v) is 2.90. The summed E-state index contributed by atoms with van der Waals surface area (Å²) in [6.07, 6.45) is 1.99. The predicted molar refractivity (Wildman–Crippen MR) is 93.9 cm³/mol. The minimum absolute atomic E-state index is 0.245. The van der Waals surface area contributed by atoms with Crippen LogP contribution in [0.5, 0.6) is 0 Å². The molecule has 0 N–H and O–H groups in total. The minimum Gasteiger partial charge on any atom is -0.444 e. The monoisotopic (exact) mass is 404 g/mol. The molecule has 1 aliphatic heterocycles. The van der Waals surface area contributed by atoms with E-state index in [-0.39, 0.29) is 11.5 Å². The van der Waals surface area contributed by atoms with Crippen LogP contribution in [0.15, 0.2) is 53.3 Å². The maximum absolute atomic E-state index is 12.9. The Balaban J connectivity index is 1.83. The average Bonchev–Trinajstić information content (AvgIpc) is 2.67. The molecule has 1 aliphatic rings. The van der Waals surface area contributed by atoms with E-state index in [0.29, 0.717) is 36.3 Å². The summed E-state index contributed by atoms with van der Waals surface area (Å²) < 4.78 is 11.5. The number of benzene rings is 1. The third-order valence-electron chi connectivity index (χ3n) is 3.81. The van der Waals surface area contributed by atoms with Crippen molar-refractivity contribution in [2.75, 3.05) is 26.3 Å². The van der Waals surface area contributed by atoms with Crippen LogP contribution in [0.25, 0.3) is 0 Å². The van der Waals surface area contributed by atoms with Gasteiger partial charge in [-0.3, -0.25) is 9.78 Å². The summed E-state index contributed by atoms with van der Waals surface area (Å²) in [7, 11) is 0. The molecule has 0 bridgehead atoms. The Morgan fingerprint density at radius 3 is 2.56 bits per heavy atom. The van der Waals surface area contributed by atoms with E-state index >= 15 is 0 Å². The molecule has 2 aromatic rings. The molecule has 1 fully saturated rings. The van der Waals surface area contributed by atoms with Gasteiger partial charge in [-0.15, -0.1) is 0 Å². The first-order valence-electron chi connectivity index (χ1n) is 7.88. The number of esters is 1. The van der Waals surface area contributed by atoms with Gasteiger partial charge in [0.25, 0.3) is 5.91 Å². The Morgan fingerprint density at radius 2 is 1.88 bits per heavy atom. The predicted octanol–water partition coefficient (Wildman–Crippen LogP) is 2.60. The highest BCUT2D eigenvalue weighted by atomic mass is 79.9. The van der Waals surface area contributed by atoms with Crippen molar-refractivity contribution in [1.29, 1.82) is 0 Å². The first-order valence-corrected chi connectivity index (χ1v) is 8.67.